The van der Waals surface area contributed by atoms with Crippen LogP contribution in [0.1, 0.15) is 5.56 Å². The van der Waals surface area contributed by atoms with E-state index in [9.17, 15) is 0 Å². The monoisotopic (exact) mass is 197 g/mol. The second-order valence-corrected chi connectivity index (χ2v) is 3.94. The number of nitrogens with zero attached hydrogens (tertiary/aromatic N) is 1. The van der Waals surface area contributed by atoms with Gasteiger partial charge in [0.25, 0.3) is 0 Å². The summed E-state index contributed by atoms with van der Waals surface area (Å²) in [5.41, 5.74) is 1.46. The van der Waals surface area contributed by atoms with E-state index in [2.05, 4.69) is 28.3 Å². The maximum atomic E-state index is 4.26. The molecule has 1 nitrogen and oxygen atoms in total. The van der Waals surface area contributed by atoms with Crippen molar-refractivity contribution in [1.82, 2.24) is 0 Å². The standard InChI is InChI=1S/C8H7NSe/c1-2-4-8-7(3-1)5-6-9-10-8/h1-4,6H,5H2. The molecular formula is C8H7NSe. The summed E-state index contributed by atoms with van der Waals surface area (Å²) in [6.07, 6.45) is 3.04. The third kappa shape index (κ3) is 1.00. The average molecular weight is 196 g/mol. The van der Waals surface area contributed by atoms with E-state index in [0.717, 1.165) is 6.42 Å². The van der Waals surface area contributed by atoms with E-state index in [1.165, 1.54) is 10.0 Å². The molecule has 0 atom stereocenters. The first-order valence-corrected chi connectivity index (χ1v) is 4.86. The SMILES string of the molecule is C1=N[Se]c2ccccc2C1. The molecule has 1 heterocycles. The van der Waals surface area contributed by atoms with Crippen molar-refractivity contribution in [1.29, 1.82) is 0 Å². The van der Waals surface area contributed by atoms with E-state index in [1.54, 1.807) is 0 Å². The van der Waals surface area contributed by atoms with Gasteiger partial charge in [-0.25, -0.2) is 0 Å². The molecule has 50 valence electrons. The van der Waals surface area contributed by atoms with Gasteiger partial charge in [-0.1, -0.05) is 0 Å². The van der Waals surface area contributed by atoms with Gasteiger partial charge in [-0.05, 0) is 0 Å². The van der Waals surface area contributed by atoms with Crippen LogP contribution in [0.4, 0.5) is 0 Å². The van der Waals surface area contributed by atoms with Gasteiger partial charge in [-0.2, -0.15) is 0 Å². The maximum absolute atomic E-state index is 4.26. The summed E-state index contributed by atoms with van der Waals surface area (Å²) in [5.74, 6) is 0. The molecule has 0 spiro atoms. The van der Waals surface area contributed by atoms with Crippen LogP contribution in [0.15, 0.2) is 28.3 Å². The first-order valence-electron chi connectivity index (χ1n) is 3.23. The van der Waals surface area contributed by atoms with Crippen molar-refractivity contribution < 1.29 is 0 Å². The first-order chi connectivity index (χ1) is 4.97. The van der Waals surface area contributed by atoms with Crippen molar-refractivity contribution in [3.05, 3.63) is 29.8 Å². The van der Waals surface area contributed by atoms with Gasteiger partial charge in [0.15, 0.2) is 0 Å². The van der Waals surface area contributed by atoms with Crippen LogP contribution in [0.25, 0.3) is 0 Å². The number of rotatable bonds is 0. The zero-order valence-electron chi connectivity index (χ0n) is 5.45. The van der Waals surface area contributed by atoms with Crippen molar-refractivity contribution in [2.24, 2.45) is 4.01 Å². The van der Waals surface area contributed by atoms with E-state index in [-0.39, 0.29) is 0 Å². The van der Waals surface area contributed by atoms with Crippen molar-refractivity contribution in [3.8, 4) is 0 Å². The minimum atomic E-state index is 0.356. The van der Waals surface area contributed by atoms with Gasteiger partial charge in [0.1, 0.15) is 0 Å². The van der Waals surface area contributed by atoms with Crippen LogP contribution in [0.5, 0.6) is 0 Å². The fourth-order valence-corrected chi connectivity index (χ4v) is 2.40. The Hall–Kier alpha value is -0.591. The Kier molecular flexibility index (Phi) is 1.58. The Bertz CT molecular complexity index is 241. The number of fused-ring (bicyclic) bond motifs is 1. The summed E-state index contributed by atoms with van der Waals surface area (Å²) < 4.78 is 5.70. The van der Waals surface area contributed by atoms with Crippen LogP contribution in [0.3, 0.4) is 0 Å². The predicted octanol–water partition coefficient (Wildman–Crippen LogP) is 0.558. The molecule has 0 N–H and O–H groups in total. The van der Waals surface area contributed by atoms with E-state index >= 15 is 0 Å². The molecule has 0 radical (unpaired) electrons. The van der Waals surface area contributed by atoms with E-state index in [4.69, 9.17) is 0 Å². The third-order valence-corrected chi connectivity index (χ3v) is 3.29. The summed E-state index contributed by atoms with van der Waals surface area (Å²) >= 11 is 0.356. The van der Waals surface area contributed by atoms with Crippen LogP contribution >= 0.6 is 0 Å². The van der Waals surface area contributed by atoms with Crippen LogP contribution in [-0.2, 0) is 6.42 Å². The van der Waals surface area contributed by atoms with Crippen molar-refractivity contribution >= 4 is 25.9 Å². The average Bonchev–Trinajstić information content (AvgIpc) is 2.05. The Morgan fingerprint density at radius 1 is 1.30 bits per heavy atom. The molecule has 0 aliphatic carbocycles. The molecule has 0 fully saturated rings. The molecule has 0 aromatic heterocycles. The predicted molar refractivity (Wildman–Crippen MR) is 44.0 cm³/mol. The first kappa shape index (κ1) is 6.14. The van der Waals surface area contributed by atoms with Crippen molar-refractivity contribution in [3.63, 3.8) is 0 Å². The zero-order valence-corrected chi connectivity index (χ0v) is 7.16. The summed E-state index contributed by atoms with van der Waals surface area (Å²) in [5, 5.41) is 0. The van der Waals surface area contributed by atoms with Crippen LogP contribution in [0.2, 0.25) is 0 Å². The third-order valence-electron chi connectivity index (χ3n) is 1.51. The van der Waals surface area contributed by atoms with E-state index in [1.807, 2.05) is 6.21 Å². The summed E-state index contributed by atoms with van der Waals surface area (Å²) in [6, 6.07) is 8.53. The summed E-state index contributed by atoms with van der Waals surface area (Å²) in [7, 11) is 0. The van der Waals surface area contributed by atoms with Gasteiger partial charge in [0, 0.05) is 0 Å². The second kappa shape index (κ2) is 2.57. The van der Waals surface area contributed by atoms with Gasteiger partial charge in [-0.15, -0.1) is 0 Å². The summed E-state index contributed by atoms with van der Waals surface area (Å²) in [6.45, 7) is 0. The Morgan fingerprint density at radius 3 is 3.10 bits per heavy atom. The molecule has 1 aliphatic heterocycles. The molecular weight excluding hydrogens is 189 g/mol. The minimum absolute atomic E-state index is 0.356. The van der Waals surface area contributed by atoms with Gasteiger partial charge >= 0.3 is 66.1 Å². The van der Waals surface area contributed by atoms with Crippen LogP contribution in [-0.4, -0.2) is 21.4 Å². The fourth-order valence-electron chi connectivity index (χ4n) is 0.991. The molecule has 10 heavy (non-hydrogen) atoms. The number of benzene rings is 1. The molecule has 1 aromatic rings. The Balaban J connectivity index is 2.47. The van der Waals surface area contributed by atoms with Crippen LogP contribution < -0.4 is 4.46 Å². The molecule has 2 rings (SSSR count). The number of hydrogen-bond acceptors (Lipinski definition) is 1. The second-order valence-electron chi connectivity index (χ2n) is 2.19. The normalized spacial score (nSPS) is 14.8. The molecule has 1 aliphatic rings. The molecule has 0 saturated heterocycles. The topological polar surface area (TPSA) is 12.4 Å². The van der Waals surface area contributed by atoms with Crippen LogP contribution in [0, 0.1) is 0 Å². The Morgan fingerprint density at radius 2 is 2.20 bits per heavy atom. The van der Waals surface area contributed by atoms with E-state index in [0.29, 0.717) is 15.2 Å². The van der Waals surface area contributed by atoms with E-state index < -0.39 is 0 Å². The molecule has 2 heteroatoms. The summed E-state index contributed by atoms with van der Waals surface area (Å²) in [4.78, 5) is 0. The quantitative estimate of drug-likeness (QED) is 0.537. The molecule has 0 bridgehead atoms. The van der Waals surface area contributed by atoms with Crippen molar-refractivity contribution in [2.45, 2.75) is 6.42 Å². The molecule has 0 amide bonds. The van der Waals surface area contributed by atoms with Gasteiger partial charge in [0.05, 0.1) is 0 Å². The number of hydrogen-bond donors (Lipinski definition) is 0. The van der Waals surface area contributed by atoms with Crippen molar-refractivity contribution in [2.75, 3.05) is 0 Å². The molecule has 0 saturated carbocycles. The zero-order chi connectivity index (χ0) is 6.81. The van der Waals surface area contributed by atoms with Gasteiger partial charge in [0.2, 0.25) is 0 Å². The molecule has 0 unspecified atom stereocenters. The Labute approximate surface area is 66.5 Å². The molecule has 1 aromatic carbocycles. The van der Waals surface area contributed by atoms with Gasteiger partial charge < -0.3 is 0 Å². The van der Waals surface area contributed by atoms with Gasteiger partial charge in [-0.3, -0.25) is 0 Å². The fraction of sp³-hybridized carbons (Fsp3) is 0.125.